The van der Waals surface area contributed by atoms with Crippen LogP contribution in [0.2, 0.25) is 0 Å². The number of likely N-dealkylation sites (tertiary alicyclic amines) is 1. The topological polar surface area (TPSA) is 64.2 Å². The molecule has 2 heterocycles. The van der Waals surface area contributed by atoms with Crippen molar-refractivity contribution in [2.45, 2.75) is 59.5 Å². The first kappa shape index (κ1) is 16.0. The molecule has 2 rings (SSSR count). The van der Waals surface area contributed by atoms with Crippen LogP contribution in [0.4, 0.5) is 0 Å². The number of piperidine rings is 1. The van der Waals surface area contributed by atoms with Crippen LogP contribution in [-0.4, -0.2) is 39.7 Å². The average molecular weight is 292 g/mol. The Morgan fingerprint density at radius 3 is 2.76 bits per heavy atom. The zero-order valence-corrected chi connectivity index (χ0v) is 13.7. The summed E-state index contributed by atoms with van der Waals surface area (Å²) in [6.07, 6.45) is 2.48. The Balaban J connectivity index is 2.08. The van der Waals surface area contributed by atoms with Gasteiger partial charge in [0.2, 0.25) is 5.91 Å². The van der Waals surface area contributed by atoms with Crippen LogP contribution in [0.5, 0.6) is 0 Å². The number of aromatic nitrogens is 2. The van der Waals surface area contributed by atoms with E-state index in [9.17, 15) is 4.79 Å². The number of carbonyl (C=O) groups is 1. The number of carbonyl (C=O) groups excluding carboxylic acids is 1. The van der Waals surface area contributed by atoms with Gasteiger partial charge < -0.3 is 10.6 Å². The van der Waals surface area contributed by atoms with Gasteiger partial charge in [0.25, 0.3) is 0 Å². The largest absolute Gasteiger partial charge is 0.341 e. The molecule has 5 heteroatoms. The zero-order valence-electron chi connectivity index (χ0n) is 13.7. The minimum absolute atomic E-state index is 0.133. The molecule has 0 aromatic carbocycles. The first-order chi connectivity index (χ1) is 9.88. The summed E-state index contributed by atoms with van der Waals surface area (Å²) < 4.78 is 2.03. The van der Waals surface area contributed by atoms with E-state index in [-0.39, 0.29) is 11.9 Å². The first-order valence-corrected chi connectivity index (χ1v) is 7.94. The molecule has 5 nitrogen and oxygen atoms in total. The molecule has 1 aromatic heterocycles. The van der Waals surface area contributed by atoms with Crippen LogP contribution in [0.25, 0.3) is 0 Å². The van der Waals surface area contributed by atoms with Crippen molar-refractivity contribution in [2.75, 3.05) is 13.1 Å². The van der Waals surface area contributed by atoms with E-state index < -0.39 is 0 Å². The van der Waals surface area contributed by atoms with Crippen LogP contribution in [0.15, 0.2) is 0 Å². The Labute approximate surface area is 127 Å². The summed E-state index contributed by atoms with van der Waals surface area (Å²) in [7, 11) is 0. The van der Waals surface area contributed by atoms with Gasteiger partial charge in [-0.2, -0.15) is 5.10 Å². The van der Waals surface area contributed by atoms with Crippen molar-refractivity contribution in [1.29, 1.82) is 0 Å². The standard InChI is InChI=1S/C16H28N4O/c1-11(2)9-20-13(4)15(12(3)18-20)8-16(21)19-7-5-6-14(17)10-19/h11,14H,5-10,17H2,1-4H3. The zero-order chi connectivity index (χ0) is 15.6. The first-order valence-electron chi connectivity index (χ1n) is 7.94. The second kappa shape index (κ2) is 6.60. The Kier molecular flexibility index (Phi) is 5.04. The Morgan fingerprint density at radius 2 is 2.14 bits per heavy atom. The lowest BCUT2D eigenvalue weighted by Gasteiger charge is -2.30. The maximum Gasteiger partial charge on any atom is 0.227 e. The quantitative estimate of drug-likeness (QED) is 0.917. The molecule has 0 radical (unpaired) electrons. The normalized spacial score (nSPS) is 19.3. The van der Waals surface area contributed by atoms with Gasteiger partial charge in [0.05, 0.1) is 12.1 Å². The van der Waals surface area contributed by atoms with Crippen molar-refractivity contribution in [1.82, 2.24) is 14.7 Å². The van der Waals surface area contributed by atoms with Crippen LogP contribution in [-0.2, 0) is 17.8 Å². The fraction of sp³-hybridized carbons (Fsp3) is 0.750. The van der Waals surface area contributed by atoms with Crippen molar-refractivity contribution < 1.29 is 4.79 Å². The highest BCUT2D eigenvalue weighted by molar-refractivity contribution is 5.79. The fourth-order valence-electron chi connectivity index (χ4n) is 3.01. The smallest absolute Gasteiger partial charge is 0.227 e. The minimum Gasteiger partial charge on any atom is -0.341 e. The maximum atomic E-state index is 12.5. The summed E-state index contributed by atoms with van der Waals surface area (Å²) in [6.45, 7) is 10.8. The van der Waals surface area contributed by atoms with Crippen LogP contribution >= 0.6 is 0 Å². The number of amides is 1. The Bertz CT molecular complexity index is 507. The lowest BCUT2D eigenvalue weighted by atomic mass is 10.0. The highest BCUT2D eigenvalue weighted by Gasteiger charge is 2.23. The summed E-state index contributed by atoms with van der Waals surface area (Å²) in [5.41, 5.74) is 9.14. The number of rotatable bonds is 4. The Hall–Kier alpha value is -1.36. The Morgan fingerprint density at radius 1 is 1.43 bits per heavy atom. The van der Waals surface area contributed by atoms with Gasteiger partial charge in [-0.05, 0) is 32.6 Å². The third kappa shape index (κ3) is 3.84. The van der Waals surface area contributed by atoms with Gasteiger partial charge in [0.1, 0.15) is 0 Å². The van der Waals surface area contributed by atoms with E-state index in [0.717, 1.165) is 42.9 Å². The number of aryl methyl sites for hydroxylation is 1. The summed E-state index contributed by atoms with van der Waals surface area (Å²) in [5.74, 6) is 0.729. The molecule has 1 aliphatic heterocycles. The van der Waals surface area contributed by atoms with Crippen molar-refractivity contribution in [3.8, 4) is 0 Å². The summed E-state index contributed by atoms with van der Waals surface area (Å²) in [5, 5.41) is 4.58. The monoisotopic (exact) mass is 292 g/mol. The van der Waals surface area contributed by atoms with Crippen molar-refractivity contribution in [3.05, 3.63) is 17.0 Å². The van der Waals surface area contributed by atoms with E-state index in [1.807, 2.05) is 16.5 Å². The second-order valence-corrected chi connectivity index (χ2v) is 6.64. The lowest BCUT2D eigenvalue weighted by Crippen LogP contribution is -2.46. The maximum absolute atomic E-state index is 12.5. The van der Waals surface area contributed by atoms with E-state index in [1.165, 1.54) is 0 Å². The molecule has 0 spiro atoms. The number of hydrogen-bond acceptors (Lipinski definition) is 3. The van der Waals surface area contributed by atoms with Crippen LogP contribution in [0.1, 0.15) is 43.6 Å². The summed E-state index contributed by atoms with van der Waals surface area (Å²) in [6, 6.07) is 0.133. The van der Waals surface area contributed by atoms with Gasteiger partial charge in [0.15, 0.2) is 0 Å². The molecule has 0 aliphatic carbocycles. The molecule has 1 atom stereocenters. The lowest BCUT2D eigenvalue weighted by molar-refractivity contribution is -0.131. The molecule has 118 valence electrons. The number of nitrogens with two attached hydrogens (primary N) is 1. The molecule has 1 aromatic rings. The summed E-state index contributed by atoms with van der Waals surface area (Å²) >= 11 is 0. The predicted octanol–water partition coefficient (Wildman–Crippen LogP) is 1.65. The van der Waals surface area contributed by atoms with Crippen LogP contribution in [0, 0.1) is 19.8 Å². The van der Waals surface area contributed by atoms with E-state index >= 15 is 0 Å². The molecule has 1 unspecified atom stereocenters. The molecule has 0 saturated carbocycles. The van der Waals surface area contributed by atoms with Gasteiger partial charge in [-0.3, -0.25) is 9.48 Å². The molecule has 1 saturated heterocycles. The minimum atomic E-state index is 0.133. The van der Waals surface area contributed by atoms with E-state index in [0.29, 0.717) is 18.9 Å². The number of hydrogen-bond donors (Lipinski definition) is 1. The van der Waals surface area contributed by atoms with Gasteiger partial charge in [-0.1, -0.05) is 13.8 Å². The molecular weight excluding hydrogens is 264 g/mol. The second-order valence-electron chi connectivity index (χ2n) is 6.64. The van der Waals surface area contributed by atoms with Gasteiger partial charge in [-0.15, -0.1) is 0 Å². The molecular formula is C16H28N4O. The highest BCUT2D eigenvalue weighted by atomic mass is 16.2. The third-order valence-corrected chi connectivity index (χ3v) is 4.21. The van der Waals surface area contributed by atoms with Gasteiger partial charge >= 0.3 is 0 Å². The van der Waals surface area contributed by atoms with Crippen LogP contribution in [0.3, 0.4) is 0 Å². The van der Waals surface area contributed by atoms with E-state index in [2.05, 4.69) is 25.9 Å². The average Bonchev–Trinajstić information content (AvgIpc) is 2.65. The molecule has 1 amide bonds. The SMILES string of the molecule is Cc1nn(CC(C)C)c(C)c1CC(=O)N1CCCC(N)C1. The molecule has 1 aliphatic rings. The van der Waals surface area contributed by atoms with E-state index in [1.54, 1.807) is 0 Å². The molecule has 1 fully saturated rings. The third-order valence-electron chi connectivity index (χ3n) is 4.21. The number of nitrogens with zero attached hydrogens (tertiary/aromatic N) is 3. The molecule has 2 N–H and O–H groups in total. The molecule has 21 heavy (non-hydrogen) atoms. The fourth-order valence-corrected chi connectivity index (χ4v) is 3.01. The predicted molar refractivity (Wildman–Crippen MR) is 84.0 cm³/mol. The van der Waals surface area contributed by atoms with Crippen molar-refractivity contribution >= 4 is 5.91 Å². The van der Waals surface area contributed by atoms with Gasteiger partial charge in [-0.25, -0.2) is 0 Å². The van der Waals surface area contributed by atoms with E-state index in [4.69, 9.17) is 5.73 Å². The summed E-state index contributed by atoms with van der Waals surface area (Å²) in [4.78, 5) is 14.4. The van der Waals surface area contributed by atoms with Crippen molar-refractivity contribution in [3.63, 3.8) is 0 Å². The highest BCUT2D eigenvalue weighted by Crippen LogP contribution is 2.17. The van der Waals surface area contributed by atoms with Crippen LogP contribution < -0.4 is 5.73 Å². The molecule has 0 bridgehead atoms. The van der Waals surface area contributed by atoms with Gasteiger partial charge in [0, 0.05) is 36.9 Å². The van der Waals surface area contributed by atoms with Crippen molar-refractivity contribution in [2.24, 2.45) is 11.7 Å².